The van der Waals surface area contributed by atoms with E-state index in [-0.39, 0.29) is 11.8 Å². The van der Waals surface area contributed by atoms with Crippen molar-refractivity contribution in [2.75, 3.05) is 18.4 Å². The number of benzene rings is 2. The van der Waals surface area contributed by atoms with E-state index in [1.165, 1.54) is 19.3 Å². The molecule has 0 radical (unpaired) electrons. The van der Waals surface area contributed by atoms with E-state index < -0.39 is 0 Å². The highest BCUT2D eigenvalue weighted by molar-refractivity contribution is 6.05. The van der Waals surface area contributed by atoms with Crippen molar-refractivity contribution in [3.63, 3.8) is 0 Å². The van der Waals surface area contributed by atoms with Gasteiger partial charge in [-0.25, -0.2) is 0 Å². The molecule has 1 N–H and O–H groups in total. The minimum Gasteiger partial charge on any atom is -0.339 e. The molecule has 4 heteroatoms. The maximum Gasteiger partial charge on any atom is 0.255 e. The number of hydrogen-bond donors (Lipinski definition) is 1. The monoisotopic (exact) mass is 350 g/mol. The number of anilines is 1. The van der Waals surface area contributed by atoms with Crippen molar-refractivity contribution in [3.05, 3.63) is 65.2 Å². The molecule has 2 amide bonds. The van der Waals surface area contributed by atoms with Gasteiger partial charge in [0.15, 0.2) is 0 Å². The number of carbonyl (C=O) groups excluding carboxylic acids is 2. The van der Waals surface area contributed by atoms with Crippen LogP contribution in [0.25, 0.3) is 0 Å². The van der Waals surface area contributed by atoms with E-state index in [9.17, 15) is 9.59 Å². The lowest BCUT2D eigenvalue weighted by atomic mass is 10.1. The quantitative estimate of drug-likeness (QED) is 0.876. The summed E-state index contributed by atoms with van der Waals surface area (Å²) >= 11 is 0. The molecule has 1 saturated heterocycles. The molecule has 2 aromatic carbocycles. The molecule has 0 saturated carbocycles. The standard InChI is InChI=1S/C22H26N2O2/c1-17-12-13-19(22(26)24-14-8-3-2-4-9-15-24)16-20(17)23-21(25)18-10-6-5-7-11-18/h5-7,10-13,16H,2-4,8-9,14-15H2,1H3,(H,23,25). The molecule has 26 heavy (non-hydrogen) atoms. The fraction of sp³-hybridized carbons (Fsp3) is 0.364. The SMILES string of the molecule is Cc1ccc(C(=O)N2CCCCCCC2)cc1NC(=O)c1ccccc1. The van der Waals surface area contributed by atoms with Gasteiger partial charge in [0.05, 0.1) is 0 Å². The van der Waals surface area contributed by atoms with E-state index in [2.05, 4.69) is 5.32 Å². The van der Waals surface area contributed by atoms with Crippen LogP contribution in [0.2, 0.25) is 0 Å². The van der Waals surface area contributed by atoms with E-state index in [1.807, 2.05) is 42.2 Å². The molecule has 136 valence electrons. The number of carbonyl (C=O) groups is 2. The molecule has 0 aliphatic carbocycles. The van der Waals surface area contributed by atoms with Crippen LogP contribution in [0.5, 0.6) is 0 Å². The zero-order chi connectivity index (χ0) is 18.4. The minimum atomic E-state index is -0.162. The third-order valence-electron chi connectivity index (χ3n) is 4.91. The molecular formula is C22H26N2O2. The minimum absolute atomic E-state index is 0.0575. The van der Waals surface area contributed by atoms with E-state index in [1.54, 1.807) is 18.2 Å². The first-order chi connectivity index (χ1) is 12.6. The van der Waals surface area contributed by atoms with Gasteiger partial charge in [-0.3, -0.25) is 9.59 Å². The van der Waals surface area contributed by atoms with Gasteiger partial charge in [-0.05, 0) is 49.6 Å². The van der Waals surface area contributed by atoms with Gasteiger partial charge in [0.2, 0.25) is 0 Å². The summed E-state index contributed by atoms with van der Waals surface area (Å²) in [7, 11) is 0. The van der Waals surface area contributed by atoms with Crippen molar-refractivity contribution in [3.8, 4) is 0 Å². The second-order valence-corrected chi connectivity index (χ2v) is 6.91. The molecule has 3 rings (SSSR count). The number of rotatable bonds is 3. The number of nitrogens with one attached hydrogen (secondary N) is 1. The second kappa shape index (κ2) is 8.65. The topological polar surface area (TPSA) is 49.4 Å². The van der Waals surface area contributed by atoms with Crippen LogP contribution in [-0.4, -0.2) is 29.8 Å². The Bertz CT molecular complexity index is 763. The predicted molar refractivity (Wildman–Crippen MR) is 105 cm³/mol. The molecule has 0 unspecified atom stereocenters. The molecule has 1 heterocycles. The van der Waals surface area contributed by atoms with Gasteiger partial charge in [0.1, 0.15) is 0 Å². The second-order valence-electron chi connectivity index (χ2n) is 6.91. The molecule has 4 nitrogen and oxygen atoms in total. The van der Waals surface area contributed by atoms with Gasteiger partial charge in [-0.2, -0.15) is 0 Å². The van der Waals surface area contributed by atoms with Crippen LogP contribution in [-0.2, 0) is 0 Å². The maximum atomic E-state index is 12.9. The van der Waals surface area contributed by atoms with E-state index >= 15 is 0 Å². The lowest BCUT2D eigenvalue weighted by Crippen LogP contribution is -2.33. The Labute approximate surface area is 155 Å². The predicted octanol–water partition coefficient (Wildman–Crippen LogP) is 4.65. The zero-order valence-electron chi connectivity index (χ0n) is 15.3. The van der Waals surface area contributed by atoms with Crippen LogP contribution in [0.15, 0.2) is 48.5 Å². The first-order valence-corrected chi connectivity index (χ1v) is 9.41. The summed E-state index contributed by atoms with van der Waals surface area (Å²) in [6.45, 7) is 3.57. The number of aryl methyl sites for hydroxylation is 1. The van der Waals surface area contributed by atoms with Crippen molar-refractivity contribution in [1.82, 2.24) is 4.90 Å². The van der Waals surface area contributed by atoms with Crippen LogP contribution >= 0.6 is 0 Å². The van der Waals surface area contributed by atoms with E-state index in [4.69, 9.17) is 0 Å². The van der Waals surface area contributed by atoms with Crippen LogP contribution in [0, 0.1) is 6.92 Å². The van der Waals surface area contributed by atoms with Crippen molar-refractivity contribution in [1.29, 1.82) is 0 Å². The van der Waals surface area contributed by atoms with Crippen molar-refractivity contribution in [2.45, 2.75) is 39.0 Å². The molecule has 0 bridgehead atoms. The van der Waals surface area contributed by atoms with Crippen molar-refractivity contribution >= 4 is 17.5 Å². The number of hydrogen-bond acceptors (Lipinski definition) is 2. The molecule has 1 aliphatic heterocycles. The van der Waals surface area contributed by atoms with Gasteiger partial charge in [0, 0.05) is 29.9 Å². The smallest absolute Gasteiger partial charge is 0.255 e. The lowest BCUT2D eigenvalue weighted by Gasteiger charge is -2.25. The average molecular weight is 350 g/mol. The summed E-state index contributed by atoms with van der Waals surface area (Å²) in [5, 5.41) is 2.94. The normalized spacial score (nSPS) is 15.0. The van der Waals surface area contributed by atoms with Gasteiger partial charge in [-0.15, -0.1) is 0 Å². The summed E-state index contributed by atoms with van der Waals surface area (Å²) in [5.74, 6) is -0.105. The Balaban J connectivity index is 1.76. The Hall–Kier alpha value is -2.62. The fourth-order valence-corrected chi connectivity index (χ4v) is 3.31. The summed E-state index contributed by atoms with van der Waals surface area (Å²) in [6, 6.07) is 14.7. The number of likely N-dealkylation sites (tertiary alicyclic amines) is 1. The van der Waals surface area contributed by atoms with Crippen molar-refractivity contribution in [2.24, 2.45) is 0 Å². The average Bonchev–Trinajstić information content (AvgIpc) is 2.63. The fourth-order valence-electron chi connectivity index (χ4n) is 3.31. The molecule has 0 spiro atoms. The van der Waals surface area contributed by atoms with Crippen LogP contribution in [0.3, 0.4) is 0 Å². The van der Waals surface area contributed by atoms with Crippen LogP contribution in [0.1, 0.15) is 58.4 Å². The van der Waals surface area contributed by atoms with E-state index in [0.29, 0.717) is 16.8 Å². The summed E-state index contributed by atoms with van der Waals surface area (Å²) in [4.78, 5) is 27.3. The Morgan fingerprint density at radius 3 is 2.19 bits per heavy atom. The van der Waals surface area contributed by atoms with Gasteiger partial charge in [-0.1, -0.05) is 43.5 Å². The molecule has 0 aromatic heterocycles. The Kier molecular flexibility index (Phi) is 6.05. The molecular weight excluding hydrogens is 324 g/mol. The summed E-state index contributed by atoms with van der Waals surface area (Å²) in [6.07, 6.45) is 5.78. The third kappa shape index (κ3) is 4.51. The first-order valence-electron chi connectivity index (χ1n) is 9.41. The molecule has 0 atom stereocenters. The largest absolute Gasteiger partial charge is 0.339 e. The van der Waals surface area contributed by atoms with Gasteiger partial charge >= 0.3 is 0 Å². The zero-order valence-corrected chi connectivity index (χ0v) is 15.3. The molecule has 2 aromatic rings. The molecule has 1 aliphatic rings. The van der Waals surface area contributed by atoms with Crippen LogP contribution in [0.4, 0.5) is 5.69 Å². The summed E-state index contributed by atoms with van der Waals surface area (Å²) < 4.78 is 0. The first kappa shape index (κ1) is 18.2. The third-order valence-corrected chi connectivity index (χ3v) is 4.91. The van der Waals surface area contributed by atoms with Crippen LogP contribution < -0.4 is 5.32 Å². The Morgan fingerprint density at radius 1 is 0.846 bits per heavy atom. The summed E-state index contributed by atoms with van der Waals surface area (Å²) in [5.41, 5.74) is 2.88. The number of nitrogens with zero attached hydrogens (tertiary/aromatic N) is 1. The number of amides is 2. The Morgan fingerprint density at radius 2 is 1.50 bits per heavy atom. The lowest BCUT2D eigenvalue weighted by molar-refractivity contribution is 0.0742. The van der Waals surface area contributed by atoms with E-state index in [0.717, 1.165) is 31.5 Å². The van der Waals surface area contributed by atoms with Gasteiger partial charge in [0.25, 0.3) is 11.8 Å². The molecule has 1 fully saturated rings. The van der Waals surface area contributed by atoms with Gasteiger partial charge < -0.3 is 10.2 Å². The highest BCUT2D eigenvalue weighted by Crippen LogP contribution is 2.20. The maximum absolute atomic E-state index is 12.9. The highest BCUT2D eigenvalue weighted by Gasteiger charge is 2.18. The van der Waals surface area contributed by atoms with Crippen molar-refractivity contribution < 1.29 is 9.59 Å². The highest BCUT2D eigenvalue weighted by atomic mass is 16.2.